The van der Waals surface area contributed by atoms with Crippen LogP contribution in [0.2, 0.25) is 0 Å². The molecule has 1 aliphatic carbocycles. The molecule has 0 aromatic heterocycles. The summed E-state index contributed by atoms with van der Waals surface area (Å²) >= 11 is 0. The van der Waals surface area contributed by atoms with Crippen molar-refractivity contribution in [3.63, 3.8) is 0 Å². The van der Waals surface area contributed by atoms with E-state index in [1.54, 1.807) is 24.3 Å². The lowest BCUT2D eigenvalue weighted by atomic mass is 9.80. The molecule has 1 fully saturated rings. The molecule has 37 heavy (non-hydrogen) atoms. The molecular formula is C31H40N2O4. The van der Waals surface area contributed by atoms with Gasteiger partial charge in [0.15, 0.2) is 0 Å². The van der Waals surface area contributed by atoms with Gasteiger partial charge < -0.3 is 20.9 Å². The first-order valence-corrected chi connectivity index (χ1v) is 13.4. The van der Waals surface area contributed by atoms with Gasteiger partial charge >= 0.3 is 11.9 Å². The molecule has 0 heterocycles. The van der Waals surface area contributed by atoms with Crippen LogP contribution >= 0.6 is 0 Å². The molecule has 198 valence electrons. The Labute approximate surface area is 220 Å². The Morgan fingerprint density at radius 3 is 2.32 bits per heavy atom. The first-order chi connectivity index (χ1) is 17.9. The van der Waals surface area contributed by atoms with Crippen LogP contribution in [0, 0.1) is 11.8 Å². The molecule has 0 saturated heterocycles. The van der Waals surface area contributed by atoms with Crippen molar-refractivity contribution in [3.05, 3.63) is 72.3 Å². The van der Waals surface area contributed by atoms with Crippen LogP contribution in [0.3, 0.4) is 0 Å². The minimum Gasteiger partial charge on any atom is -0.462 e. The van der Waals surface area contributed by atoms with Crippen molar-refractivity contribution in [2.45, 2.75) is 64.2 Å². The molecule has 2 aromatic carbocycles. The SMILES string of the molecule is C=CCCCCCC1CCC(C(=O)Oc2ccc(C=CC(=O)OCCc3cc(N)cc(N)c3)cc2)CC1. The molecule has 2 aromatic rings. The standard InChI is InChI=1S/C31H40N2O4/c1-2-3-4-5-6-7-23-8-13-26(14-9-23)31(35)37-29-15-10-24(11-16-29)12-17-30(34)36-19-18-25-20-27(32)22-28(33)21-25/h2,10-12,15-17,20-23,26H,1,3-9,13-14,18-19,32-33H2. The summed E-state index contributed by atoms with van der Waals surface area (Å²) in [6.07, 6.45) is 15.7. The Balaban J connectivity index is 1.35. The first-order valence-electron chi connectivity index (χ1n) is 13.4. The molecule has 0 unspecified atom stereocenters. The molecule has 1 aliphatic rings. The number of allylic oxidation sites excluding steroid dienone is 1. The monoisotopic (exact) mass is 504 g/mol. The predicted octanol–water partition coefficient (Wildman–Crippen LogP) is 6.50. The van der Waals surface area contributed by atoms with Gasteiger partial charge in [0.2, 0.25) is 0 Å². The Hall–Kier alpha value is -3.54. The highest BCUT2D eigenvalue weighted by Crippen LogP contribution is 2.33. The number of hydrogen-bond donors (Lipinski definition) is 2. The molecule has 1 saturated carbocycles. The van der Waals surface area contributed by atoms with E-state index in [4.69, 9.17) is 20.9 Å². The molecule has 6 heteroatoms. The van der Waals surface area contributed by atoms with Gasteiger partial charge in [0, 0.05) is 23.9 Å². The number of benzene rings is 2. The summed E-state index contributed by atoms with van der Waals surface area (Å²) in [7, 11) is 0. The number of ether oxygens (including phenoxy) is 2. The number of unbranched alkanes of at least 4 members (excludes halogenated alkanes) is 3. The predicted molar refractivity (Wildman–Crippen MR) is 150 cm³/mol. The number of carbonyl (C=O) groups is 2. The minimum absolute atomic E-state index is 0.0184. The fraction of sp³-hybridized carbons (Fsp3) is 0.419. The highest BCUT2D eigenvalue weighted by atomic mass is 16.5. The van der Waals surface area contributed by atoms with E-state index in [1.165, 1.54) is 31.8 Å². The third kappa shape index (κ3) is 10.2. The molecule has 6 nitrogen and oxygen atoms in total. The Morgan fingerprint density at radius 1 is 0.946 bits per heavy atom. The van der Waals surface area contributed by atoms with E-state index in [0.717, 1.165) is 49.1 Å². The number of rotatable bonds is 13. The van der Waals surface area contributed by atoms with E-state index in [-0.39, 0.29) is 18.5 Å². The summed E-state index contributed by atoms with van der Waals surface area (Å²) in [4.78, 5) is 24.6. The maximum atomic E-state index is 12.6. The van der Waals surface area contributed by atoms with E-state index in [0.29, 0.717) is 23.5 Å². The second-order valence-electron chi connectivity index (χ2n) is 9.89. The maximum absolute atomic E-state index is 12.6. The summed E-state index contributed by atoms with van der Waals surface area (Å²) in [6, 6.07) is 12.4. The minimum atomic E-state index is -0.431. The molecule has 0 spiro atoms. The van der Waals surface area contributed by atoms with Gasteiger partial charge in [-0.05, 0) is 92.0 Å². The lowest BCUT2D eigenvalue weighted by Gasteiger charge is -2.27. The average Bonchev–Trinajstić information content (AvgIpc) is 2.88. The lowest BCUT2D eigenvalue weighted by Crippen LogP contribution is -2.25. The van der Waals surface area contributed by atoms with Crippen LogP contribution in [0.15, 0.2) is 61.2 Å². The van der Waals surface area contributed by atoms with E-state index < -0.39 is 5.97 Å². The van der Waals surface area contributed by atoms with Crippen molar-refractivity contribution in [1.29, 1.82) is 0 Å². The molecule has 0 bridgehead atoms. The first kappa shape index (κ1) is 28.0. The van der Waals surface area contributed by atoms with Crippen molar-refractivity contribution < 1.29 is 19.1 Å². The zero-order valence-corrected chi connectivity index (χ0v) is 21.7. The van der Waals surface area contributed by atoms with Gasteiger partial charge in [-0.2, -0.15) is 0 Å². The van der Waals surface area contributed by atoms with Crippen LogP contribution in [0.1, 0.15) is 68.9 Å². The van der Waals surface area contributed by atoms with E-state index in [9.17, 15) is 9.59 Å². The highest BCUT2D eigenvalue weighted by Gasteiger charge is 2.27. The smallest absolute Gasteiger partial charge is 0.330 e. The number of anilines is 2. The number of nitrogen functional groups attached to an aromatic ring is 2. The summed E-state index contributed by atoms with van der Waals surface area (Å²) in [6.45, 7) is 4.01. The van der Waals surface area contributed by atoms with Crippen molar-refractivity contribution in [2.75, 3.05) is 18.1 Å². The fourth-order valence-electron chi connectivity index (χ4n) is 4.80. The Bertz CT molecular complexity index is 1030. The van der Waals surface area contributed by atoms with Gasteiger partial charge in [-0.3, -0.25) is 4.79 Å². The number of carbonyl (C=O) groups excluding carboxylic acids is 2. The number of nitrogens with two attached hydrogens (primary N) is 2. The third-order valence-corrected chi connectivity index (χ3v) is 6.88. The van der Waals surface area contributed by atoms with Crippen LogP contribution in [0.5, 0.6) is 5.75 Å². The number of esters is 2. The van der Waals surface area contributed by atoms with Gasteiger partial charge in [0.25, 0.3) is 0 Å². The molecule has 3 rings (SSSR count). The third-order valence-electron chi connectivity index (χ3n) is 6.88. The van der Waals surface area contributed by atoms with Gasteiger partial charge in [-0.25, -0.2) is 4.79 Å². The zero-order valence-electron chi connectivity index (χ0n) is 21.7. The van der Waals surface area contributed by atoms with E-state index >= 15 is 0 Å². The molecular weight excluding hydrogens is 464 g/mol. The van der Waals surface area contributed by atoms with E-state index in [2.05, 4.69) is 6.58 Å². The zero-order chi connectivity index (χ0) is 26.5. The van der Waals surface area contributed by atoms with Crippen molar-refractivity contribution >= 4 is 29.4 Å². The molecule has 0 aliphatic heterocycles. The van der Waals surface area contributed by atoms with Gasteiger partial charge in [-0.1, -0.05) is 37.5 Å². The van der Waals surface area contributed by atoms with E-state index in [1.807, 2.05) is 30.3 Å². The van der Waals surface area contributed by atoms with Gasteiger partial charge in [0.1, 0.15) is 5.75 Å². The summed E-state index contributed by atoms with van der Waals surface area (Å²) in [5, 5.41) is 0. The normalized spacial score (nSPS) is 17.4. The summed E-state index contributed by atoms with van der Waals surface area (Å²) in [5.74, 6) is 0.671. The fourth-order valence-corrected chi connectivity index (χ4v) is 4.80. The quantitative estimate of drug-likeness (QED) is 0.0806. The van der Waals surface area contributed by atoms with Crippen LogP contribution in [-0.4, -0.2) is 18.5 Å². The van der Waals surface area contributed by atoms with Crippen molar-refractivity contribution in [2.24, 2.45) is 11.8 Å². The Kier molecular flexibility index (Phi) is 11.3. The second kappa shape index (κ2) is 14.9. The lowest BCUT2D eigenvalue weighted by molar-refractivity contribution is -0.140. The van der Waals surface area contributed by atoms with Crippen LogP contribution in [0.25, 0.3) is 6.08 Å². The molecule has 0 radical (unpaired) electrons. The topological polar surface area (TPSA) is 105 Å². The molecule has 4 N–H and O–H groups in total. The summed E-state index contributed by atoms with van der Waals surface area (Å²) in [5.41, 5.74) is 14.5. The highest BCUT2D eigenvalue weighted by molar-refractivity contribution is 5.87. The largest absolute Gasteiger partial charge is 0.462 e. The average molecular weight is 505 g/mol. The van der Waals surface area contributed by atoms with Crippen LogP contribution < -0.4 is 16.2 Å². The summed E-state index contributed by atoms with van der Waals surface area (Å²) < 4.78 is 10.9. The van der Waals surface area contributed by atoms with Crippen molar-refractivity contribution in [3.8, 4) is 5.75 Å². The molecule has 0 amide bonds. The molecule has 0 atom stereocenters. The van der Waals surface area contributed by atoms with Gasteiger partial charge in [-0.15, -0.1) is 6.58 Å². The van der Waals surface area contributed by atoms with Crippen molar-refractivity contribution in [1.82, 2.24) is 0 Å². The van der Waals surface area contributed by atoms with Gasteiger partial charge in [0.05, 0.1) is 12.5 Å². The second-order valence-corrected chi connectivity index (χ2v) is 9.89. The maximum Gasteiger partial charge on any atom is 0.330 e. The Morgan fingerprint density at radius 2 is 1.65 bits per heavy atom. The van der Waals surface area contributed by atoms with Crippen LogP contribution in [-0.2, 0) is 20.7 Å². The number of hydrogen-bond acceptors (Lipinski definition) is 6. The van der Waals surface area contributed by atoms with Crippen LogP contribution in [0.4, 0.5) is 11.4 Å².